The second kappa shape index (κ2) is 5.93. The molecule has 0 bridgehead atoms. The van der Waals surface area contributed by atoms with Gasteiger partial charge in [0, 0.05) is 10.9 Å². The summed E-state index contributed by atoms with van der Waals surface area (Å²) >= 11 is 6.00. The van der Waals surface area contributed by atoms with Gasteiger partial charge in [-0.15, -0.1) is 0 Å². The molecule has 0 saturated heterocycles. The van der Waals surface area contributed by atoms with Gasteiger partial charge in [-0.2, -0.15) is 5.10 Å². The molecule has 0 radical (unpaired) electrons. The molecular weight excluding hydrogens is 284 g/mol. The highest BCUT2D eigenvalue weighted by Gasteiger charge is 2.02. The maximum absolute atomic E-state index is 10.1. The van der Waals surface area contributed by atoms with Crippen LogP contribution in [0.5, 0.6) is 0 Å². The van der Waals surface area contributed by atoms with Gasteiger partial charge >= 0.3 is 0 Å². The van der Waals surface area contributed by atoms with Gasteiger partial charge in [0.2, 0.25) is 0 Å². The van der Waals surface area contributed by atoms with Crippen LogP contribution in [0.2, 0.25) is 5.15 Å². The Balaban J connectivity index is 2.21. The lowest BCUT2D eigenvalue weighted by molar-refractivity contribution is -0.485. The molecule has 2 rings (SSSR count). The molecule has 0 fully saturated rings. The zero-order chi connectivity index (χ0) is 14.5. The lowest BCUT2D eigenvalue weighted by atomic mass is 10.2. The van der Waals surface area contributed by atoms with Crippen molar-refractivity contribution in [1.82, 2.24) is 10.4 Å². The van der Waals surface area contributed by atoms with Gasteiger partial charge in [0.15, 0.2) is 5.03 Å². The number of halogens is 1. The standard InChI is InChI=1S/C11H9ClN6O2/c12-10-8(6-14-16-11(13)17-18(19)20)5-7-3-1-2-4-9(7)15-10/h1-6H,(H3,13,16,17). The van der Waals surface area contributed by atoms with Crippen LogP contribution in [0.1, 0.15) is 5.56 Å². The smallest absolute Gasteiger partial charge is 0.286 e. The molecule has 8 nitrogen and oxygen atoms in total. The van der Waals surface area contributed by atoms with E-state index in [-0.39, 0.29) is 5.15 Å². The summed E-state index contributed by atoms with van der Waals surface area (Å²) in [6.45, 7) is 0. The van der Waals surface area contributed by atoms with Crippen LogP contribution in [0.3, 0.4) is 0 Å². The molecule has 2 aromatic rings. The normalized spacial score (nSPS) is 11.9. The summed E-state index contributed by atoms with van der Waals surface area (Å²) < 4.78 is 0. The van der Waals surface area contributed by atoms with E-state index >= 15 is 0 Å². The molecule has 0 amide bonds. The molecule has 1 aromatic heterocycles. The largest absolute Gasteiger partial charge is 0.363 e. The number of nitrogens with two attached hydrogens (primary N) is 1. The third-order valence-corrected chi connectivity index (χ3v) is 2.58. The average Bonchev–Trinajstić information content (AvgIpc) is 2.38. The highest BCUT2D eigenvalue weighted by Crippen LogP contribution is 2.18. The Morgan fingerprint density at radius 2 is 2.25 bits per heavy atom. The van der Waals surface area contributed by atoms with E-state index in [1.165, 1.54) is 6.21 Å². The second-order valence-corrected chi connectivity index (χ2v) is 4.01. The van der Waals surface area contributed by atoms with Crippen LogP contribution in [0.15, 0.2) is 40.5 Å². The average molecular weight is 293 g/mol. The maximum atomic E-state index is 10.1. The summed E-state index contributed by atoms with van der Waals surface area (Å²) in [6, 6.07) is 9.24. The van der Waals surface area contributed by atoms with E-state index < -0.39 is 11.0 Å². The lowest BCUT2D eigenvalue weighted by Gasteiger charge is -2.01. The van der Waals surface area contributed by atoms with E-state index in [1.807, 2.05) is 24.3 Å². The number of hydrazone groups is 2. The van der Waals surface area contributed by atoms with Gasteiger partial charge < -0.3 is 5.73 Å². The zero-order valence-electron chi connectivity index (χ0n) is 10.0. The molecule has 9 heteroatoms. The predicted molar refractivity (Wildman–Crippen MR) is 76.1 cm³/mol. The molecule has 1 aromatic carbocycles. The van der Waals surface area contributed by atoms with Crippen LogP contribution in [0.4, 0.5) is 0 Å². The van der Waals surface area contributed by atoms with Gasteiger partial charge in [0.05, 0.1) is 11.7 Å². The van der Waals surface area contributed by atoms with Crippen molar-refractivity contribution in [3.8, 4) is 0 Å². The fourth-order valence-electron chi connectivity index (χ4n) is 1.48. The number of nitrogens with zero attached hydrogens (tertiary/aromatic N) is 4. The fourth-order valence-corrected chi connectivity index (χ4v) is 1.67. The van der Waals surface area contributed by atoms with Crippen molar-refractivity contribution in [1.29, 1.82) is 0 Å². The van der Waals surface area contributed by atoms with Crippen molar-refractivity contribution >= 4 is 34.7 Å². The quantitative estimate of drug-likeness (QED) is 0.291. The lowest BCUT2D eigenvalue weighted by Crippen LogP contribution is -2.28. The molecule has 1 heterocycles. The molecule has 0 aliphatic heterocycles. The molecule has 0 atom stereocenters. The molecule has 0 spiro atoms. The summed E-state index contributed by atoms with van der Waals surface area (Å²) in [5, 5.41) is 16.8. The summed E-state index contributed by atoms with van der Waals surface area (Å²) in [5.74, 6) is -0.434. The highest BCUT2D eigenvalue weighted by atomic mass is 35.5. The van der Waals surface area contributed by atoms with Crippen LogP contribution < -0.4 is 11.2 Å². The molecule has 0 aliphatic rings. The minimum atomic E-state index is -0.928. The van der Waals surface area contributed by atoms with Crippen molar-refractivity contribution in [2.45, 2.75) is 0 Å². The summed E-state index contributed by atoms with van der Waals surface area (Å²) in [5.41, 5.74) is 8.72. The molecule has 0 unspecified atom stereocenters. The second-order valence-electron chi connectivity index (χ2n) is 3.65. The molecule has 3 N–H and O–H groups in total. The van der Waals surface area contributed by atoms with Crippen LogP contribution in [-0.2, 0) is 0 Å². The minimum Gasteiger partial charge on any atom is -0.363 e. The molecular formula is C11H9ClN6O2. The first-order chi connectivity index (χ1) is 9.56. The Kier molecular flexibility index (Phi) is 4.06. The van der Waals surface area contributed by atoms with Gasteiger partial charge in [-0.25, -0.2) is 20.5 Å². The van der Waals surface area contributed by atoms with Crippen molar-refractivity contribution in [3.63, 3.8) is 0 Å². The van der Waals surface area contributed by atoms with Crippen molar-refractivity contribution in [2.75, 3.05) is 0 Å². The highest BCUT2D eigenvalue weighted by molar-refractivity contribution is 6.32. The van der Waals surface area contributed by atoms with E-state index in [4.69, 9.17) is 17.3 Å². The van der Waals surface area contributed by atoms with Crippen LogP contribution in [0, 0.1) is 10.1 Å². The Bertz CT molecular complexity index is 715. The Morgan fingerprint density at radius 3 is 3.00 bits per heavy atom. The number of para-hydroxylation sites is 1. The van der Waals surface area contributed by atoms with E-state index in [0.717, 1.165) is 10.9 Å². The van der Waals surface area contributed by atoms with Gasteiger partial charge in [-0.3, -0.25) is 0 Å². The van der Waals surface area contributed by atoms with Crippen molar-refractivity contribution in [3.05, 3.63) is 51.2 Å². The number of rotatable bonds is 3. The van der Waals surface area contributed by atoms with E-state index in [9.17, 15) is 10.1 Å². The monoisotopic (exact) mass is 292 g/mol. The third-order valence-electron chi connectivity index (χ3n) is 2.28. The van der Waals surface area contributed by atoms with Crippen LogP contribution in [0.25, 0.3) is 10.9 Å². The number of benzene rings is 1. The number of nitrogens with one attached hydrogen (secondary N) is 1. The first-order valence-electron chi connectivity index (χ1n) is 5.39. The first kappa shape index (κ1) is 13.7. The molecule has 0 aliphatic carbocycles. The van der Waals surface area contributed by atoms with E-state index in [0.29, 0.717) is 5.56 Å². The number of pyridine rings is 1. The Labute approximate surface area is 118 Å². The number of guanidine groups is 1. The summed E-state index contributed by atoms with van der Waals surface area (Å²) in [6.07, 6.45) is 1.35. The Morgan fingerprint density at radius 1 is 1.50 bits per heavy atom. The van der Waals surface area contributed by atoms with E-state index in [2.05, 4.69) is 20.6 Å². The number of hydrogen-bond acceptors (Lipinski definition) is 4. The first-order valence-corrected chi connectivity index (χ1v) is 5.77. The minimum absolute atomic E-state index is 0.263. The van der Waals surface area contributed by atoms with Gasteiger partial charge in [0.1, 0.15) is 10.3 Å². The molecule has 102 valence electrons. The summed E-state index contributed by atoms with van der Waals surface area (Å²) in [7, 11) is 0. The number of aromatic nitrogens is 1. The maximum Gasteiger partial charge on any atom is 0.286 e. The molecule has 0 saturated carbocycles. The summed E-state index contributed by atoms with van der Waals surface area (Å²) in [4.78, 5) is 14.3. The predicted octanol–water partition coefficient (Wildman–Crippen LogP) is 1.32. The van der Waals surface area contributed by atoms with Gasteiger partial charge in [-0.05, 0) is 12.1 Å². The number of hydrogen-bond donors (Lipinski definition) is 2. The van der Waals surface area contributed by atoms with Crippen LogP contribution >= 0.6 is 11.6 Å². The zero-order valence-corrected chi connectivity index (χ0v) is 10.8. The third kappa shape index (κ3) is 3.39. The van der Waals surface area contributed by atoms with Crippen molar-refractivity contribution in [2.24, 2.45) is 15.9 Å². The van der Waals surface area contributed by atoms with Gasteiger partial charge in [-0.1, -0.05) is 29.8 Å². The van der Waals surface area contributed by atoms with E-state index in [1.54, 1.807) is 6.07 Å². The Hall–Kier alpha value is -2.74. The van der Waals surface area contributed by atoms with Crippen molar-refractivity contribution < 1.29 is 5.03 Å². The fraction of sp³-hybridized carbons (Fsp3) is 0. The molecule has 20 heavy (non-hydrogen) atoms. The van der Waals surface area contributed by atoms with Gasteiger partial charge in [0.25, 0.3) is 5.96 Å². The van der Waals surface area contributed by atoms with Crippen LogP contribution in [-0.4, -0.2) is 22.2 Å². The number of nitro groups is 1. The number of fused-ring (bicyclic) bond motifs is 1. The topological polar surface area (TPSA) is 119 Å². The SMILES string of the molecule is NC(=N[N+](=O)[O-])NN=Cc1cc2ccccc2nc1Cl.